The monoisotopic (exact) mass is 391 g/mol. The average Bonchev–Trinajstić information content (AvgIpc) is 2.57. The molecule has 152 valence electrons. The van der Waals surface area contributed by atoms with E-state index in [-0.39, 0.29) is 42.3 Å². The standard InChI is InChI=1S/C21H26FNO5/c1-6-27-18(25)12-23-13(2)19(20(26)28-21(3,4)5)15(11-17(23)24)14-9-7-8-10-16(14)22/h7-10,15H,6,11-12H2,1-5H3/t15-/m1/s1. The summed E-state index contributed by atoms with van der Waals surface area (Å²) < 4.78 is 24.9. The van der Waals surface area contributed by atoms with Gasteiger partial charge in [0.1, 0.15) is 18.0 Å². The van der Waals surface area contributed by atoms with Gasteiger partial charge in [-0.3, -0.25) is 9.59 Å². The largest absolute Gasteiger partial charge is 0.465 e. The molecule has 1 amide bonds. The number of amides is 1. The first-order chi connectivity index (χ1) is 13.0. The van der Waals surface area contributed by atoms with Crippen LogP contribution < -0.4 is 0 Å². The van der Waals surface area contributed by atoms with Crippen molar-refractivity contribution in [2.75, 3.05) is 13.2 Å². The summed E-state index contributed by atoms with van der Waals surface area (Å²) in [6, 6.07) is 6.02. The van der Waals surface area contributed by atoms with Crippen LogP contribution in [0.4, 0.5) is 4.39 Å². The lowest BCUT2D eigenvalue weighted by molar-refractivity contribution is -0.152. The topological polar surface area (TPSA) is 72.9 Å². The van der Waals surface area contributed by atoms with E-state index in [2.05, 4.69) is 0 Å². The Morgan fingerprint density at radius 2 is 1.89 bits per heavy atom. The molecule has 7 heteroatoms. The number of hydrogen-bond acceptors (Lipinski definition) is 5. The molecule has 1 heterocycles. The molecule has 2 rings (SSSR count). The molecular weight excluding hydrogens is 365 g/mol. The third kappa shape index (κ3) is 4.97. The van der Waals surface area contributed by atoms with Crippen molar-refractivity contribution in [1.82, 2.24) is 4.90 Å². The van der Waals surface area contributed by atoms with Gasteiger partial charge in [0.25, 0.3) is 0 Å². The Hall–Kier alpha value is -2.70. The van der Waals surface area contributed by atoms with Crippen LogP contribution in [0, 0.1) is 5.82 Å². The molecule has 0 saturated carbocycles. The van der Waals surface area contributed by atoms with Crippen molar-refractivity contribution in [2.24, 2.45) is 0 Å². The molecule has 6 nitrogen and oxygen atoms in total. The van der Waals surface area contributed by atoms with Gasteiger partial charge in [-0.1, -0.05) is 18.2 Å². The van der Waals surface area contributed by atoms with Crippen molar-refractivity contribution < 1.29 is 28.2 Å². The lowest BCUT2D eigenvalue weighted by Crippen LogP contribution is -2.42. The summed E-state index contributed by atoms with van der Waals surface area (Å²) in [7, 11) is 0. The third-order valence-corrected chi connectivity index (χ3v) is 4.31. The van der Waals surface area contributed by atoms with Gasteiger partial charge in [0, 0.05) is 18.0 Å². The van der Waals surface area contributed by atoms with Gasteiger partial charge in [-0.25, -0.2) is 9.18 Å². The van der Waals surface area contributed by atoms with Crippen molar-refractivity contribution in [3.8, 4) is 0 Å². The Labute approximate surface area is 164 Å². The van der Waals surface area contributed by atoms with Gasteiger partial charge in [0.2, 0.25) is 5.91 Å². The summed E-state index contributed by atoms with van der Waals surface area (Å²) in [6.07, 6.45) is -0.147. The Morgan fingerprint density at radius 3 is 2.46 bits per heavy atom. The van der Waals surface area contributed by atoms with E-state index in [4.69, 9.17) is 9.47 Å². The SMILES string of the molecule is CCOC(=O)CN1C(=O)C[C@H](c2ccccc2F)C(C(=O)OC(C)(C)C)=C1C. The van der Waals surface area contributed by atoms with E-state index >= 15 is 0 Å². The highest BCUT2D eigenvalue weighted by Gasteiger charge is 2.39. The van der Waals surface area contributed by atoms with Gasteiger partial charge in [-0.2, -0.15) is 0 Å². The zero-order valence-corrected chi connectivity index (χ0v) is 16.9. The number of benzene rings is 1. The number of rotatable bonds is 5. The van der Waals surface area contributed by atoms with Gasteiger partial charge in [-0.15, -0.1) is 0 Å². The molecule has 0 N–H and O–H groups in total. The number of nitrogens with zero attached hydrogens (tertiary/aromatic N) is 1. The van der Waals surface area contributed by atoms with Crippen LogP contribution in [0.5, 0.6) is 0 Å². The summed E-state index contributed by atoms with van der Waals surface area (Å²) in [5.41, 5.74) is -0.0834. The number of esters is 2. The number of allylic oxidation sites excluding steroid dienone is 1. The van der Waals surface area contributed by atoms with Crippen LogP contribution in [0.3, 0.4) is 0 Å². The molecule has 0 radical (unpaired) electrons. The highest BCUT2D eigenvalue weighted by atomic mass is 19.1. The molecule has 0 spiro atoms. The van der Waals surface area contributed by atoms with E-state index in [0.29, 0.717) is 0 Å². The lowest BCUT2D eigenvalue weighted by Gasteiger charge is -2.35. The summed E-state index contributed by atoms with van der Waals surface area (Å²) in [5.74, 6) is -2.90. The molecule has 0 unspecified atom stereocenters. The van der Waals surface area contributed by atoms with Crippen molar-refractivity contribution in [3.63, 3.8) is 0 Å². The maximum Gasteiger partial charge on any atom is 0.336 e. The van der Waals surface area contributed by atoms with Gasteiger partial charge < -0.3 is 14.4 Å². The predicted molar refractivity (Wildman–Crippen MR) is 101 cm³/mol. The third-order valence-electron chi connectivity index (χ3n) is 4.31. The second-order valence-electron chi connectivity index (χ2n) is 7.56. The minimum atomic E-state index is -0.790. The second kappa shape index (κ2) is 8.54. The first kappa shape index (κ1) is 21.6. The maximum atomic E-state index is 14.4. The Morgan fingerprint density at radius 1 is 1.25 bits per heavy atom. The molecular formula is C21H26FNO5. The first-order valence-electron chi connectivity index (χ1n) is 9.19. The molecule has 1 aromatic carbocycles. The van der Waals surface area contributed by atoms with Crippen LogP contribution in [0.25, 0.3) is 0 Å². The van der Waals surface area contributed by atoms with E-state index < -0.39 is 29.3 Å². The van der Waals surface area contributed by atoms with Gasteiger partial charge in [0.05, 0.1) is 12.2 Å². The molecule has 1 aromatic rings. The summed E-state index contributed by atoms with van der Waals surface area (Å²) >= 11 is 0. The summed E-state index contributed by atoms with van der Waals surface area (Å²) in [6.45, 7) is 8.27. The van der Waals surface area contributed by atoms with E-state index in [9.17, 15) is 18.8 Å². The number of halogens is 1. The molecule has 0 fully saturated rings. The minimum absolute atomic E-state index is 0.147. The van der Waals surface area contributed by atoms with Crippen LogP contribution in [-0.2, 0) is 23.9 Å². The van der Waals surface area contributed by atoms with Crippen molar-refractivity contribution in [1.29, 1.82) is 0 Å². The van der Waals surface area contributed by atoms with E-state index in [0.717, 1.165) is 0 Å². The predicted octanol–water partition coefficient (Wildman–Crippen LogP) is 3.32. The summed E-state index contributed by atoms with van der Waals surface area (Å²) in [5, 5.41) is 0. The first-order valence-corrected chi connectivity index (χ1v) is 9.19. The molecule has 1 aliphatic rings. The zero-order valence-electron chi connectivity index (χ0n) is 16.9. The summed E-state index contributed by atoms with van der Waals surface area (Å²) in [4.78, 5) is 38.7. The zero-order chi connectivity index (χ0) is 21.1. The van der Waals surface area contributed by atoms with Crippen molar-refractivity contribution in [2.45, 2.75) is 52.6 Å². The highest BCUT2D eigenvalue weighted by molar-refractivity contribution is 5.97. The van der Waals surface area contributed by atoms with Gasteiger partial charge in [-0.05, 0) is 46.2 Å². The van der Waals surface area contributed by atoms with Crippen LogP contribution in [0.15, 0.2) is 35.5 Å². The fourth-order valence-electron chi connectivity index (χ4n) is 3.16. The Kier molecular flexibility index (Phi) is 6.59. The molecule has 0 saturated heterocycles. The van der Waals surface area contributed by atoms with Crippen LogP contribution in [-0.4, -0.2) is 41.5 Å². The smallest absolute Gasteiger partial charge is 0.336 e. The normalized spacial score (nSPS) is 17.6. The number of hydrogen-bond donors (Lipinski definition) is 0. The Balaban J connectivity index is 2.53. The number of carbonyl (C=O) groups excluding carboxylic acids is 3. The lowest BCUT2D eigenvalue weighted by atomic mass is 9.83. The molecule has 1 aliphatic heterocycles. The quantitative estimate of drug-likeness (QED) is 0.720. The maximum absolute atomic E-state index is 14.4. The molecule has 1 atom stereocenters. The molecule has 0 aliphatic carbocycles. The van der Waals surface area contributed by atoms with E-state index in [1.165, 1.54) is 11.0 Å². The fraction of sp³-hybridized carbons (Fsp3) is 0.476. The van der Waals surface area contributed by atoms with Crippen molar-refractivity contribution >= 4 is 17.8 Å². The van der Waals surface area contributed by atoms with Crippen LogP contribution in [0.1, 0.15) is 52.5 Å². The molecule has 28 heavy (non-hydrogen) atoms. The molecule has 0 aromatic heterocycles. The fourth-order valence-corrected chi connectivity index (χ4v) is 3.16. The van der Waals surface area contributed by atoms with Crippen LogP contribution in [0.2, 0.25) is 0 Å². The van der Waals surface area contributed by atoms with Gasteiger partial charge in [0.15, 0.2) is 0 Å². The highest BCUT2D eigenvalue weighted by Crippen LogP contribution is 2.38. The van der Waals surface area contributed by atoms with E-state index in [1.807, 2.05) is 0 Å². The average molecular weight is 391 g/mol. The number of carbonyl (C=O) groups is 3. The minimum Gasteiger partial charge on any atom is -0.465 e. The Bertz CT molecular complexity index is 809. The van der Waals surface area contributed by atoms with Crippen molar-refractivity contribution in [3.05, 3.63) is 46.9 Å². The van der Waals surface area contributed by atoms with Crippen LogP contribution >= 0.6 is 0 Å². The number of ether oxygens (including phenoxy) is 2. The van der Waals surface area contributed by atoms with Gasteiger partial charge >= 0.3 is 11.9 Å². The van der Waals surface area contributed by atoms with E-state index in [1.54, 1.807) is 52.8 Å². The molecule has 0 bridgehead atoms. The second-order valence-corrected chi connectivity index (χ2v) is 7.56.